The Hall–Kier alpha value is -3.88. The summed E-state index contributed by atoms with van der Waals surface area (Å²) in [6.45, 7) is 3.28. The fourth-order valence-corrected chi connectivity index (χ4v) is 4.05. The van der Waals surface area contributed by atoms with Crippen LogP contribution in [-0.4, -0.2) is 54.7 Å². The van der Waals surface area contributed by atoms with E-state index in [1.807, 2.05) is 62.4 Å². The maximum absolute atomic E-state index is 12.2. The lowest BCUT2D eigenvalue weighted by atomic mass is 9.98. The molecule has 0 saturated carbocycles. The van der Waals surface area contributed by atoms with Crippen molar-refractivity contribution in [2.75, 3.05) is 19.7 Å². The Morgan fingerprint density at radius 1 is 0.857 bits per heavy atom. The zero-order chi connectivity index (χ0) is 25.4. The number of ether oxygens (including phenoxy) is 1. The fraction of sp³-hybridized carbons (Fsp3) is 0.385. The third-order valence-electron chi connectivity index (χ3n) is 5.85. The summed E-state index contributed by atoms with van der Waals surface area (Å²) in [5.41, 5.74) is 4.39. The summed E-state index contributed by atoms with van der Waals surface area (Å²) in [7, 11) is 0. The van der Waals surface area contributed by atoms with Crippen molar-refractivity contribution in [2.24, 2.45) is 5.92 Å². The summed E-state index contributed by atoms with van der Waals surface area (Å²) in [6.07, 6.45) is 0.204. The van der Waals surface area contributed by atoms with E-state index in [1.165, 1.54) is 0 Å². The summed E-state index contributed by atoms with van der Waals surface area (Å²) in [5, 5.41) is 16.4. The number of carboxylic acids is 1. The van der Waals surface area contributed by atoms with Gasteiger partial charge in [0.2, 0.25) is 11.8 Å². The quantitative estimate of drug-likeness (QED) is 0.390. The number of rotatable bonds is 11. The molecule has 2 aromatic carbocycles. The van der Waals surface area contributed by atoms with Crippen molar-refractivity contribution in [2.45, 2.75) is 38.6 Å². The monoisotopic (exact) mass is 481 g/mol. The minimum Gasteiger partial charge on any atom is -0.480 e. The van der Waals surface area contributed by atoms with Crippen LogP contribution in [0.5, 0.6) is 0 Å². The second kappa shape index (κ2) is 12.0. The lowest BCUT2D eigenvalue weighted by Gasteiger charge is -2.16. The normalized spacial score (nSPS) is 12.9. The Labute approximate surface area is 204 Å². The molecular weight excluding hydrogens is 450 g/mol. The van der Waals surface area contributed by atoms with E-state index in [-0.39, 0.29) is 19.1 Å². The average Bonchev–Trinajstić information content (AvgIpc) is 3.16. The van der Waals surface area contributed by atoms with Gasteiger partial charge >= 0.3 is 12.1 Å². The zero-order valence-electron chi connectivity index (χ0n) is 19.9. The van der Waals surface area contributed by atoms with E-state index in [1.54, 1.807) is 0 Å². The number of benzene rings is 2. The Balaban J connectivity index is 1.41. The first-order chi connectivity index (χ1) is 16.8. The molecule has 0 radical (unpaired) electrons. The van der Waals surface area contributed by atoms with E-state index in [0.717, 1.165) is 22.3 Å². The number of carboxylic acid groups (broad SMARTS) is 1. The molecule has 1 aliphatic carbocycles. The molecule has 0 spiro atoms. The highest BCUT2D eigenvalue weighted by Gasteiger charge is 2.29. The van der Waals surface area contributed by atoms with Crippen molar-refractivity contribution < 1.29 is 29.0 Å². The van der Waals surface area contributed by atoms with Crippen LogP contribution in [0.2, 0.25) is 0 Å². The molecule has 0 saturated heterocycles. The number of aliphatic carboxylic acids is 1. The van der Waals surface area contributed by atoms with Crippen LogP contribution in [-0.2, 0) is 19.1 Å². The van der Waals surface area contributed by atoms with E-state index in [9.17, 15) is 24.3 Å². The van der Waals surface area contributed by atoms with E-state index in [4.69, 9.17) is 4.74 Å². The zero-order valence-corrected chi connectivity index (χ0v) is 19.9. The number of carbonyl (C=O) groups is 4. The molecule has 0 aliphatic heterocycles. The van der Waals surface area contributed by atoms with E-state index in [2.05, 4.69) is 16.0 Å². The molecule has 1 aliphatic rings. The van der Waals surface area contributed by atoms with Crippen molar-refractivity contribution in [1.82, 2.24) is 16.0 Å². The standard InChI is InChI=1S/C26H31N3O6/c1-16(2)11-12-22(25(32)33)29-24(31)14-27-23(30)13-28-26(34)35-15-21-19-9-5-3-7-17(19)18-8-4-6-10-20(18)21/h3-10,16,21-22H,11-15H2,1-2H3,(H,27,30)(H,28,34)(H,29,31)(H,32,33). The van der Waals surface area contributed by atoms with Crippen LogP contribution >= 0.6 is 0 Å². The van der Waals surface area contributed by atoms with Gasteiger partial charge in [0.25, 0.3) is 0 Å². The summed E-state index contributed by atoms with van der Waals surface area (Å²) in [4.78, 5) is 47.4. The van der Waals surface area contributed by atoms with Crippen LogP contribution in [0.4, 0.5) is 4.79 Å². The topological polar surface area (TPSA) is 134 Å². The van der Waals surface area contributed by atoms with Crippen LogP contribution in [0.25, 0.3) is 11.1 Å². The van der Waals surface area contributed by atoms with Crippen LogP contribution in [0.15, 0.2) is 48.5 Å². The maximum atomic E-state index is 12.2. The molecule has 0 bridgehead atoms. The van der Waals surface area contributed by atoms with Crippen molar-refractivity contribution in [3.05, 3.63) is 59.7 Å². The summed E-state index contributed by atoms with van der Waals surface area (Å²) in [5.74, 6) is -2.12. The van der Waals surface area contributed by atoms with Crippen molar-refractivity contribution >= 4 is 23.9 Å². The van der Waals surface area contributed by atoms with E-state index in [0.29, 0.717) is 18.8 Å². The molecule has 1 atom stereocenters. The van der Waals surface area contributed by atoms with Crippen molar-refractivity contribution in [1.29, 1.82) is 0 Å². The molecule has 0 heterocycles. The van der Waals surface area contributed by atoms with Gasteiger partial charge in [0.1, 0.15) is 19.2 Å². The molecule has 3 amide bonds. The number of fused-ring (bicyclic) bond motifs is 3. The minimum atomic E-state index is -1.12. The highest BCUT2D eigenvalue weighted by atomic mass is 16.5. The van der Waals surface area contributed by atoms with Gasteiger partial charge < -0.3 is 25.8 Å². The molecule has 0 aromatic heterocycles. The van der Waals surface area contributed by atoms with E-state index >= 15 is 0 Å². The average molecular weight is 482 g/mol. The fourth-order valence-electron chi connectivity index (χ4n) is 4.05. The molecule has 9 heteroatoms. The van der Waals surface area contributed by atoms with Gasteiger partial charge in [-0.2, -0.15) is 0 Å². The lowest BCUT2D eigenvalue weighted by Crippen LogP contribution is -2.47. The van der Waals surface area contributed by atoms with Gasteiger partial charge in [-0.05, 0) is 41.0 Å². The minimum absolute atomic E-state index is 0.0939. The molecule has 2 aromatic rings. The van der Waals surface area contributed by atoms with Gasteiger partial charge in [-0.1, -0.05) is 62.4 Å². The molecule has 35 heavy (non-hydrogen) atoms. The van der Waals surface area contributed by atoms with Crippen LogP contribution in [0.3, 0.4) is 0 Å². The number of hydrogen-bond acceptors (Lipinski definition) is 5. The van der Waals surface area contributed by atoms with Gasteiger partial charge in [-0.3, -0.25) is 9.59 Å². The molecule has 186 valence electrons. The largest absolute Gasteiger partial charge is 0.480 e. The first-order valence-electron chi connectivity index (χ1n) is 11.6. The maximum Gasteiger partial charge on any atom is 0.407 e. The third kappa shape index (κ3) is 7.05. The van der Waals surface area contributed by atoms with Gasteiger partial charge in [0.15, 0.2) is 0 Å². The molecular formula is C26H31N3O6. The van der Waals surface area contributed by atoms with Crippen LogP contribution in [0.1, 0.15) is 43.7 Å². The number of alkyl carbamates (subject to hydrolysis) is 1. The van der Waals surface area contributed by atoms with Gasteiger partial charge in [-0.25, -0.2) is 9.59 Å². The third-order valence-corrected chi connectivity index (χ3v) is 5.85. The van der Waals surface area contributed by atoms with Gasteiger partial charge in [0, 0.05) is 5.92 Å². The summed E-state index contributed by atoms with van der Waals surface area (Å²) < 4.78 is 5.37. The lowest BCUT2D eigenvalue weighted by molar-refractivity contribution is -0.142. The molecule has 0 fully saturated rings. The first kappa shape index (κ1) is 25.7. The van der Waals surface area contributed by atoms with Gasteiger partial charge in [0.05, 0.1) is 6.54 Å². The Kier molecular flexibility index (Phi) is 8.83. The molecule has 3 rings (SSSR count). The number of nitrogens with one attached hydrogen (secondary N) is 3. The van der Waals surface area contributed by atoms with Crippen molar-refractivity contribution in [3.8, 4) is 11.1 Å². The van der Waals surface area contributed by atoms with E-state index < -0.39 is 36.5 Å². The number of carbonyl (C=O) groups excluding carboxylic acids is 3. The van der Waals surface area contributed by atoms with Gasteiger partial charge in [-0.15, -0.1) is 0 Å². The number of amides is 3. The highest BCUT2D eigenvalue weighted by molar-refractivity contribution is 5.89. The SMILES string of the molecule is CC(C)CCC(NC(=O)CNC(=O)CNC(=O)OCC1c2ccccc2-c2ccccc21)C(=O)O. The van der Waals surface area contributed by atoms with Crippen molar-refractivity contribution in [3.63, 3.8) is 0 Å². The Morgan fingerprint density at radius 3 is 2.00 bits per heavy atom. The smallest absolute Gasteiger partial charge is 0.407 e. The predicted molar refractivity (Wildman–Crippen MR) is 130 cm³/mol. The molecule has 9 nitrogen and oxygen atoms in total. The second-order valence-electron chi connectivity index (χ2n) is 8.89. The van der Waals surface area contributed by atoms with Crippen LogP contribution < -0.4 is 16.0 Å². The predicted octanol–water partition coefficient (Wildman–Crippen LogP) is 2.65. The highest BCUT2D eigenvalue weighted by Crippen LogP contribution is 2.44. The molecule has 1 unspecified atom stereocenters. The first-order valence-corrected chi connectivity index (χ1v) is 11.6. The van der Waals surface area contributed by atoms with Crippen LogP contribution in [0, 0.1) is 5.92 Å². The Morgan fingerprint density at radius 2 is 1.43 bits per heavy atom. The summed E-state index contributed by atoms with van der Waals surface area (Å²) in [6, 6.07) is 14.9. The summed E-state index contributed by atoms with van der Waals surface area (Å²) >= 11 is 0. The second-order valence-corrected chi connectivity index (χ2v) is 8.89. The Bertz CT molecular complexity index is 1040. The number of hydrogen-bond donors (Lipinski definition) is 4. The molecule has 4 N–H and O–H groups in total.